The van der Waals surface area contributed by atoms with Crippen molar-refractivity contribution in [1.82, 2.24) is 20.2 Å². The molecule has 7 heteroatoms. The zero-order valence-electron chi connectivity index (χ0n) is 15.5. The Morgan fingerprint density at radius 2 is 2.07 bits per heavy atom. The molecule has 2 amide bonds. The second-order valence-corrected chi connectivity index (χ2v) is 6.97. The van der Waals surface area contributed by atoms with E-state index in [2.05, 4.69) is 15.3 Å². The molecule has 7 nitrogen and oxygen atoms in total. The number of amides is 2. The van der Waals surface area contributed by atoms with E-state index in [1.807, 2.05) is 42.5 Å². The molecule has 144 valence electrons. The number of carbonyl (C=O) groups is 2. The summed E-state index contributed by atoms with van der Waals surface area (Å²) in [6.07, 6.45) is 3.35. The van der Waals surface area contributed by atoms with Gasteiger partial charge in [-0.2, -0.15) is 0 Å². The summed E-state index contributed by atoms with van der Waals surface area (Å²) in [5.74, 6) is 0.292. The van der Waals surface area contributed by atoms with Crippen LogP contribution in [0.2, 0.25) is 0 Å². The summed E-state index contributed by atoms with van der Waals surface area (Å²) in [5.41, 5.74) is 2.45. The smallest absolute Gasteiger partial charge is 0.225 e. The fourth-order valence-corrected chi connectivity index (χ4v) is 3.41. The van der Waals surface area contributed by atoms with Gasteiger partial charge in [0.2, 0.25) is 11.8 Å². The van der Waals surface area contributed by atoms with Crippen molar-refractivity contribution in [3.63, 3.8) is 0 Å². The van der Waals surface area contributed by atoms with E-state index in [1.165, 1.54) is 0 Å². The maximum absolute atomic E-state index is 12.4. The lowest BCUT2D eigenvalue weighted by molar-refractivity contribution is -0.129. The van der Waals surface area contributed by atoms with Gasteiger partial charge in [0, 0.05) is 32.1 Å². The van der Waals surface area contributed by atoms with Crippen LogP contribution in [0.25, 0.3) is 11.1 Å². The molecular weight excluding hydrogens is 356 g/mol. The van der Waals surface area contributed by atoms with E-state index in [9.17, 15) is 9.59 Å². The van der Waals surface area contributed by atoms with Crippen molar-refractivity contribution in [2.75, 3.05) is 13.1 Å². The maximum Gasteiger partial charge on any atom is 0.225 e. The van der Waals surface area contributed by atoms with Gasteiger partial charge in [0.1, 0.15) is 5.52 Å². The molecule has 1 N–H and O–H groups in total. The van der Waals surface area contributed by atoms with Crippen LogP contribution >= 0.6 is 0 Å². The molecular formula is C21H22N4O3. The lowest BCUT2D eigenvalue weighted by atomic mass is 10.1. The first-order valence-electron chi connectivity index (χ1n) is 9.49. The molecule has 3 heterocycles. The molecule has 28 heavy (non-hydrogen) atoms. The molecule has 1 saturated heterocycles. The van der Waals surface area contributed by atoms with E-state index in [1.54, 1.807) is 11.1 Å². The molecule has 0 radical (unpaired) electrons. The summed E-state index contributed by atoms with van der Waals surface area (Å²) in [6, 6.07) is 13.3. The van der Waals surface area contributed by atoms with Crippen LogP contribution in [0.5, 0.6) is 0 Å². The Morgan fingerprint density at radius 1 is 1.21 bits per heavy atom. The number of aromatic nitrogens is 2. The van der Waals surface area contributed by atoms with E-state index >= 15 is 0 Å². The van der Waals surface area contributed by atoms with Gasteiger partial charge in [0.05, 0.1) is 18.2 Å². The van der Waals surface area contributed by atoms with Crippen LogP contribution in [0.1, 0.15) is 24.4 Å². The van der Waals surface area contributed by atoms with E-state index in [0.29, 0.717) is 31.9 Å². The second-order valence-electron chi connectivity index (χ2n) is 6.97. The third-order valence-corrected chi connectivity index (χ3v) is 4.87. The quantitative estimate of drug-likeness (QED) is 0.638. The zero-order chi connectivity index (χ0) is 19.3. The number of likely N-dealkylation sites (tertiary alicyclic amines) is 1. The molecule has 1 fully saturated rings. The highest BCUT2D eigenvalue weighted by atomic mass is 16.3. The van der Waals surface area contributed by atoms with Gasteiger partial charge < -0.3 is 14.6 Å². The number of hydrogen-bond acceptors (Lipinski definition) is 5. The van der Waals surface area contributed by atoms with Crippen LogP contribution in [-0.4, -0.2) is 39.8 Å². The summed E-state index contributed by atoms with van der Waals surface area (Å²) in [6.45, 7) is 1.41. The molecule has 0 spiro atoms. The average Bonchev–Trinajstić information content (AvgIpc) is 3.29. The summed E-state index contributed by atoms with van der Waals surface area (Å²) in [5, 5.41) is 2.93. The minimum atomic E-state index is -0.305. The minimum Gasteiger partial charge on any atom is -0.441 e. The minimum absolute atomic E-state index is 0.00252. The largest absolute Gasteiger partial charge is 0.441 e. The van der Waals surface area contributed by atoms with E-state index < -0.39 is 0 Å². The Hall–Kier alpha value is -3.22. The van der Waals surface area contributed by atoms with Crippen molar-refractivity contribution in [2.24, 2.45) is 5.92 Å². The van der Waals surface area contributed by atoms with Crippen molar-refractivity contribution in [1.29, 1.82) is 0 Å². The molecule has 1 atom stereocenters. The number of nitrogens with zero attached hydrogens (tertiary/aromatic N) is 3. The molecule has 3 aromatic rings. The summed E-state index contributed by atoms with van der Waals surface area (Å²) >= 11 is 0. The van der Waals surface area contributed by atoms with Crippen LogP contribution in [0.15, 0.2) is 53.1 Å². The average molecular weight is 378 g/mol. The summed E-state index contributed by atoms with van der Waals surface area (Å²) < 4.78 is 5.68. The predicted molar refractivity (Wildman–Crippen MR) is 103 cm³/mol. The standard InChI is InChI=1S/C21H22N4O3/c26-20-12-15(13-25(20)14-16-6-3-4-10-22-16)21(27)23-11-5-9-19-24-17-7-1-2-8-18(17)28-19/h1-4,6-8,10,15H,5,9,11-14H2,(H,23,27). The maximum atomic E-state index is 12.4. The van der Waals surface area contributed by atoms with Crippen molar-refractivity contribution in [3.05, 3.63) is 60.2 Å². The predicted octanol–water partition coefficient (Wildman–Crippen LogP) is 2.32. The van der Waals surface area contributed by atoms with Crippen molar-refractivity contribution >= 4 is 22.9 Å². The molecule has 0 bridgehead atoms. The highest BCUT2D eigenvalue weighted by Crippen LogP contribution is 2.20. The Kier molecular flexibility index (Phi) is 5.32. The van der Waals surface area contributed by atoms with Crippen LogP contribution < -0.4 is 5.32 Å². The molecule has 1 aromatic carbocycles. The van der Waals surface area contributed by atoms with Crippen molar-refractivity contribution < 1.29 is 14.0 Å². The van der Waals surface area contributed by atoms with Gasteiger partial charge in [-0.05, 0) is 30.7 Å². The third kappa shape index (κ3) is 4.19. The molecule has 1 aliphatic heterocycles. The third-order valence-electron chi connectivity index (χ3n) is 4.87. The Labute approximate surface area is 162 Å². The summed E-state index contributed by atoms with van der Waals surface area (Å²) in [4.78, 5) is 35.0. The van der Waals surface area contributed by atoms with Gasteiger partial charge in [-0.1, -0.05) is 18.2 Å². The van der Waals surface area contributed by atoms with E-state index in [4.69, 9.17) is 4.42 Å². The van der Waals surface area contributed by atoms with Crippen LogP contribution in [0.4, 0.5) is 0 Å². The van der Waals surface area contributed by atoms with Crippen molar-refractivity contribution in [3.8, 4) is 0 Å². The van der Waals surface area contributed by atoms with Crippen LogP contribution in [0, 0.1) is 5.92 Å². The number of fused-ring (bicyclic) bond motifs is 1. The van der Waals surface area contributed by atoms with Gasteiger partial charge in [0.25, 0.3) is 0 Å². The number of rotatable bonds is 7. The number of oxazole rings is 1. The van der Waals surface area contributed by atoms with Gasteiger partial charge >= 0.3 is 0 Å². The highest BCUT2D eigenvalue weighted by Gasteiger charge is 2.34. The Balaban J connectivity index is 1.22. The number of carbonyl (C=O) groups excluding carboxylic acids is 2. The van der Waals surface area contributed by atoms with E-state index in [-0.39, 0.29) is 24.2 Å². The number of para-hydroxylation sites is 2. The van der Waals surface area contributed by atoms with Gasteiger partial charge in [0.15, 0.2) is 11.5 Å². The zero-order valence-corrected chi connectivity index (χ0v) is 15.5. The first kappa shape index (κ1) is 18.2. The van der Waals surface area contributed by atoms with Gasteiger partial charge in [-0.15, -0.1) is 0 Å². The lowest BCUT2D eigenvalue weighted by Crippen LogP contribution is -2.33. The normalized spacial score (nSPS) is 16.6. The number of hydrogen-bond donors (Lipinski definition) is 1. The summed E-state index contributed by atoms with van der Waals surface area (Å²) in [7, 11) is 0. The SMILES string of the molecule is O=C(NCCCc1nc2ccccc2o1)C1CC(=O)N(Cc2ccccn2)C1. The first-order chi connectivity index (χ1) is 13.7. The number of nitrogens with one attached hydrogen (secondary N) is 1. The van der Waals surface area contributed by atoms with Gasteiger partial charge in [-0.25, -0.2) is 4.98 Å². The number of benzene rings is 1. The molecule has 1 unspecified atom stereocenters. The Bertz CT molecular complexity index is 937. The van der Waals surface area contributed by atoms with Crippen LogP contribution in [0.3, 0.4) is 0 Å². The molecule has 0 aliphatic carbocycles. The molecule has 1 aliphatic rings. The van der Waals surface area contributed by atoms with Crippen molar-refractivity contribution in [2.45, 2.75) is 25.8 Å². The number of aryl methyl sites for hydroxylation is 1. The monoisotopic (exact) mass is 378 g/mol. The fraction of sp³-hybridized carbons (Fsp3) is 0.333. The van der Waals surface area contributed by atoms with E-state index in [0.717, 1.165) is 23.2 Å². The fourth-order valence-electron chi connectivity index (χ4n) is 3.41. The van der Waals surface area contributed by atoms with Gasteiger partial charge in [-0.3, -0.25) is 14.6 Å². The second kappa shape index (κ2) is 8.21. The molecule has 0 saturated carbocycles. The highest BCUT2D eigenvalue weighted by molar-refractivity contribution is 5.89. The first-order valence-corrected chi connectivity index (χ1v) is 9.49. The topological polar surface area (TPSA) is 88.3 Å². The van der Waals surface area contributed by atoms with Crippen LogP contribution in [-0.2, 0) is 22.6 Å². The molecule has 4 rings (SSSR count). The Morgan fingerprint density at radius 3 is 2.89 bits per heavy atom. The number of pyridine rings is 1. The lowest BCUT2D eigenvalue weighted by Gasteiger charge is -2.16. The molecule has 2 aromatic heterocycles.